The third-order valence-electron chi connectivity index (χ3n) is 5.23. The zero-order valence-corrected chi connectivity index (χ0v) is 18.3. The third kappa shape index (κ3) is 5.99. The van der Waals surface area contributed by atoms with Gasteiger partial charge in [0.15, 0.2) is 0 Å². The second-order valence-corrected chi connectivity index (χ2v) is 9.10. The molecule has 1 fully saturated rings. The van der Waals surface area contributed by atoms with Crippen LogP contribution in [0.3, 0.4) is 0 Å². The molecule has 1 heterocycles. The van der Waals surface area contributed by atoms with Gasteiger partial charge in [0.1, 0.15) is 0 Å². The number of piperazine rings is 1. The van der Waals surface area contributed by atoms with Crippen LogP contribution in [0.5, 0.6) is 0 Å². The van der Waals surface area contributed by atoms with Gasteiger partial charge in [0, 0.05) is 26.2 Å². The highest BCUT2D eigenvalue weighted by Gasteiger charge is 2.31. The van der Waals surface area contributed by atoms with Gasteiger partial charge in [0.05, 0.1) is 28.4 Å². The number of nitrogens with zero attached hydrogens (tertiary/aromatic N) is 2. The first-order valence-corrected chi connectivity index (χ1v) is 11.6. The van der Waals surface area contributed by atoms with Crippen molar-refractivity contribution in [1.29, 1.82) is 0 Å². The first kappa shape index (κ1) is 24.0. The molecule has 3 rings (SSSR count). The zero-order chi connectivity index (χ0) is 23.4. The van der Waals surface area contributed by atoms with E-state index >= 15 is 0 Å². The second-order valence-electron chi connectivity index (χ2n) is 7.34. The van der Waals surface area contributed by atoms with E-state index in [2.05, 4.69) is 26.8 Å². The van der Waals surface area contributed by atoms with Crippen molar-refractivity contribution in [3.8, 4) is 0 Å². The third-order valence-corrected chi connectivity index (χ3v) is 6.63. The fourth-order valence-corrected chi connectivity index (χ4v) is 4.47. The number of amides is 1. The van der Waals surface area contributed by atoms with Crippen LogP contribution in [-0.4, -0.2) is 58.5 Å². The Balaban J connectivity index is 1.65. The molecule has 0 unspecified atom stereocenters. The van der Waals surface area contributed by atoms with Crippen LogP contribution < -0.4 is 14.9 Å². The van der Waals surface area contributed by atoms with Crippen molar-refractivity contribution in [1.82, 2.24) is 9.62 Å². The van der Waals surface area contributed by atoms with Gasteiger partial charge >= 0.3 is 6.18 Å². The molecule has 32 heavy (non-hydrogen) atoms. The van der Waals surface area contributed by atoms with E-state index in [0.717, 1.165) is 56.6 Å². The van der Waals surface area contributed by atoms with E-state index in [4.69, 9.17) is 0 Å². The average molecular weight is 471 g/mol. The summed E-state index contributed by atoms with van der Waals surface area (Å²) in [5.41, 5.74) is 0.292. The highest BCUT2D eigenvalue weighted by molar-refractivity contribution is 7.89. The number of halogens is 3. The second kappa shape index (κ2) is 9.88. The molecule has 7 nitrogen and oxygen atoms in total. The van der Waals surface area contributed by atoms with Crippen molar-refractivity contribution < 1.29 is 26.4 Å². The molecule has 0 atom stereocenters. The van der Waals surface area contributed by atoms with Gasteiger partial charge < -0.3 is 15.1 Å². The minimum absolute atomic E-state index is 0.533. The fraction of sp³-hybridized carbons (Fsp3) is 0.381. The zero-order valence-electron chi connectivity index (χ0n) is 17.5. The lowest BCUT2D eigenvalue weighted by Gasteiger charge is -2.36. The smallest absolute Gasteiger partial charge is 0.367 e. The maximum Gasteiger partial charge on any atom is 0.416 e. The molecule has 1 amide bonds. The van der Waals surface area contributed by atoms with Crippen LogP contribution in [0, 0.1) is 0 Å². The number of rotatable bonds is 7. The molecule has 0 bridgehead atoms. The number of para-hydroxylation sites is 2. The van der Waals surface area contributed by atoms with Crippen LogP contribution in [0.15, 0.2) is 53.4 Å². The molecule has 174 valence electrons. The van der Waals surface area contributed by atoms with Crippen LogP contribution in [0.2, 0.25) is 0 Å². The Morgan fingerprint density at radius 1 is 1.03 bits per heavy atom. The lowest BCUT2D eigenvalue weighted by Crippen LogP contribution is -2.46. The van der Waals surface area contributed by atoms with Crippen LogP contribution >= 0.6 is 0 Å². The molecular formula is C21H25F3N4O3S. The number of likely N-dealkylation sites (N-methyl/N-ethyl adjacent to an activating group) is 1. The van der Waals surface area contributed by atoms with Gasteiger partial charge in [-0.2, -0.15) is 13.2 Å². The van der Waals surface area contributed by atoms with E-state index in [1.54, 1.807) is 12.1 Å². The van der Waals surface area contributed by atoms with E-state index in [9.17, 15) is 26.4 Å². The number of carbonyl (C=O) groups excluding carboxylic acids is 1. The van der Waals surface area contributed by atoms with Gasteiger partial charge in [-0.25, -0.2) is 13.1 Å². The summed E-state index contributed by atoms with van der Waals surface area (Å²) >= 11 is 0. The summed E-state index contributed by atoms with van der Waals surface area (Å²) in [5.74, 6) is -0.625. The summed E-state index contributed by atoms with van der Waals surface area (Å²) < 4.78 is 65.4. The number of benzene rings is 2. The van der Waals surface area contributed by atoms with Gasteiger partial charge in [-0.05, 0) is 36.9 Å². The summed E-state index contributed by atoms with van der Waals surface area (Å²) in [6, 6.07) is 10.6. The highest BCUT2D eigenvalue weighted by atomic mass is 32.2. The molecule has 1 aliphatic rings. The van der Waals surface area contributed by atoms with Crippen LogP contribution in [0.4, 0.5) is 24.5 Å². The number of carbonyl (C=O) groups is 1. The van der Waals surface area contributed by atoms with Crippen LogP contribution in [0.1, 0.15) is 12.5 Å². The molecule has 2 aromatic carbocycles. The van der Waals surface area contributed by atoms with Crippen molar-refractivity contribution >= 4 is 27.3 Å². The Morgan fingerprint density at radius 2 is 1.72 bits per heavy atom. The molecule has 0 aromatic heterocycles. The monoisotopic (exact) mass is 470 g/mol. The van der Waals surface area contributed by atoms with Crippen LogP contribution in [-0.2, 0) is 21.0 Å². The number of hydrogen-bond acceptors (Lipinski definition) is 5. The lowest BCUT2D eigenvalue weighted by atomic mass is 10.2. The van der Waals surface area contributed by atoms with Crippen molar-refractivity contribution in [3.63, 3.8) is 0 Å². The molecule has 0 saturated carbocycles. The summed E-state index contributed by atoms with van der Waals surface area (Å²) in [6.07, 6.45) is -4.67. The van der Waals surface area contributed by atoms with Crippen molar-refractivity contribution in [2.24, 2.45) is 0 Å². The predicted molar refractivity (Wildman–Crippen MR) is 116 cm³/mol. The SMILES string of the molecule is CCN1CCN(c2ccccc2NC(=O)CNS(=O)(=O)c2cccc(C(F)(F)F)c2)CC1. The Hall–Kier alpha value is -2.63. The highest BCUT2D eigenvalue weighted by Crippen LogP contribution is 2.30. The van der Waals surface area contributed by atoms with Gasteiger partial charge in [-0.3, -0.25) is 4.79 Å². The predicted octanol–water partition coefficient (Wildman–Crippen LogP) is 2.76. The quantitative estimate of drug-likeness (QED) is 0.651. The lowest BCUT2D eigenvalue weighted by molar-refractivity contribution is -0.137. The molecule has 1 saturated heterocycles. The largest absolute Gasteiger partial charge is 0.416 e. The summed E-state index contributed by atoms with van der Waals surface area (Å²) in [6.45, 7) is 5.84. The normalized spacial score (nSPS) is 15.6. The molecule has 1 aliphatic heterocycles. The number of hydrogen-bond donors (Lipinski definition) is 2. The van der Waals surface area contributed by atoms with Crippen molar-refractivity contribution in [2.75, 3.05) is 49.5 Å². The Kier molecular flexibility index (Phi) is 7.42. The summed E-state index contributed by atoms with van der Waals surface area (Å²) in [5, 5.41) is 2.69. The van der Waals surface area contributed by atoms with Crippen molar-refractivity contribution in [2.45, 2.75) is 18.0 Å². The number of anilines is 2. The standard InChI is InChI=1S/C21H25F3N4O3S/c1-2-27-10-12-28(13-11-27)19-9-4-3-8-18(19)26-20(29)15-25-32(30,31)17-7-5-6-16(14-17)21(22,23)24/h3-9,14,25H,2,10-13,15H2,1H3,(H,26,29). The number of alkyl halides is 3. The minimum atomic E-state index is -4.67. The first-order valence-electron chi connectivity index (χ1n) is 10.1. The number of nitrogens with one attached hydrogen (secondary N) is 2. The number of sulfonamides is 1. The van der Waals surface area contributed by atoms with Gasteiger partial charge in [-0.15, -0.1) is 0 Å². The summed E-state index contributed by atoms with van der Waals surface area (Å²) in [4.78, 5) is 16.3. The fourth-order valence-electron chi connectivity index (χ4n) is 3.44. The molecule has 0 spiro atoms. The van der Waals surface area contributed by atoms with E-state index in [1.165, 1.54) is 0 Å². The van der Waals surface area contributed by atoms with E-state index in [1.807, 2.05) is 12.1 Å². The first-order chi connectivity index (χ1) is 15.1. The van der Waals surface area contributed by atoms with Gasteiger partial charge in [0.25, 0.3) is 0 Å². The average Bonchev–Trinajstić information content (AvgIpc) is 2.78. The van der Waals surface area contributed by atoms with E-state index < -0.39 is 39.1 Å². The molecule has 2 aromatic rings. The molecule has 11 heteroatoms. The Morgan fingerprint density at radius 3 is 2.38 bits per heavy atom. The maximum atomic E-state index is 12.9. The Bertz CT molecular complexity index is 1050. The summed E-state index contributed by atoms with van der Waals surface area (Å²) in [7, 11) is -4.30. The molecule has 0 aliphatic carbocycles. The van der Waals surface area contributed by atoms with Crippen molar-refractivity contribution in [3.05, 3.63) is 54.1 Å². The maximum absolute atomic E-state index is 12.9. The molecular weight excluding hydrogens is 445 g/mol. The van der Waals surface area contributed by atoms with Crippen LogP contribution in [0.25, 0.3) is 0 Å². The molecule has 2 N–H and O–H groups in total. The molecule has 0 radical (unpaired) electrons. The van der Waals surface area contributed by atoms with E-state index in [0.29, 0.717) is 11.8 Å². The minimum Gasteiger partial charge on any atom is -0.367 e. The topological polar surface area (TPSA) is 81.8 Å². The van der Waals surface area contributed by atoms with Gasteiger partial charge in [0.2, 0.25) is 15.9 Å². The van der Waals surface area contributed by atoms with Gasteiger partial charge in [-0.1, -0.05) is 25.1 Å². The van der Waals surface area contributed by atoms with E-state index in [-0.39, 0.29) is 0 Å². The Labute approximate surface area is 185 Å².